The average molecular weight is 358 g/mol. The number of carbonyl (C=O) groups is 2. The molecule has 1 atom stereocenters. The van der Waals surface area contributed by atoms with Crippen molar-refractivity contribution in [3.8, 4) is 0 Å². The van der Waals surface area contributed by atoms with Gasteiger partial charge in [0.05, 0.1) is 0 Å². The minimum Gasteiger partial charge on any atom is -0.452 e. The van der Waals surface area contributed by atoms with Gasteiger partial charge in [0.25, 0.3) is 11.5 Å². The summed E-state index contributed by atoms with van der Waals surface area (Å²) >= 11 is 0. The molecule has 0 aliphatic heterocycles. The molecular formula is C20H26N2O4. The SMILES string of the molecule is C[C@H](NC(=O)COC(=O)c1ccc[nH]c1=O)C12CC3CC(CC(C3)C1)C2. The smallest absolute Gasteiger partial charge is 0.344 e. The van der Waals surface area contributed by atoms with Gasteiger partial charge in [-0.3, -0.25) is 9.59 Å². The molecule has 1 aromatic heterocycles. The van der Waals surface area contributed by atoms with Gasteiger partial charge < -0.3 is 15.0 Å². The fourth-order valence-electron chi connectivity index (χ4n) is 5.94. The number of hydrogen-bond acceptors (Lipinski definition) is 4. The van der Waals surface area contributed by atoms with Gasteiger partial charge in [-0.25, -0.2) is 4.79 Å². The molecule has 6 heteroatoms. The summed E-state index contributed by atoms with van der Waals surface area (Å²) in [5.41, 5.74) is -0.389. The van der Waals surface area contributed by atoms with Crippen molar-refractivity contribution in [3.05, 3.63) is 34.2 Å². The maximum absolute atomic E-state index is 12.3. The van der Waals surface area contributed by atoms with Crippen LogP contribution in [-0.4, -0.2) is 29.5 Å². The zero-order valence-electron chi connectivity index (χ0n) is 15.1. The number of aromatic amines is 1. The maximum Gasteiger partial charge on any atom is 0.344 e. The second-order valence-corrected chi connectivity index (χ2v) is 8.56. The summed E-state index contributed by atoms with van der Waals surface area (Å²) in [5, 5.41) is 3.06. The molecule has 0 saturated heterocycles. The predicted molar refractivity (Wildman–Crippen MR) is 95.6 cm³/mol. The van der Waals surface area contributed by atoms with Gasteiger partial charge in [-0.1, -0.05) is 0 Å². The molecule has 4 aliphatic rings. The summed E-state index contributed by atoms with van der Waals surface area (Å²) in [6.45, 7) is 1.73. The quantitative estimate of drug-likeness (QED) is 0.790. The number of H-pyrrole nitrogens is 1. The van der Waals surface area contributed by atoms with E-state index in [9.17, 15) is 14.4 Å². The fraction of sp³-hybridized carbons (Fsp3) is 0.650. The van der Waals surface area contributed by atoms with Gasteiger partial charge in [0.2, 0.25) is 0 Å². The average Bonchev–Trinajstić information content (AvgIpc) is 2.59. The monoisotopic (exact) mass is 358 g/mol. The summed E-state index contributed by atoms with van der Waals surface area (Å²) in [4.78, 5) is 38.3. The van der Waals surface area contributed by atoms with Gasteiger partial charge in [-0.15, -0.1) is 0 Å². The van der Waals surface area contributed by atoms with Crippen LogP contribution in [0.4, 0.5) is 0 Å². The van der Waals surface area contributed by atoms with Crippen molar-refractivity contribution < 1.29 is 14.3 Å². The van der Waals surface area contributed by atoms with E-state index < -0.39 is 11.5 Å². The van der Waals surface area contributed by atoms with E-state index in [0.29, 0.717) is 0 Å². The molecule has 4 aliphatic carbocycles. The summed E-state index contributed by atoms with van der Waals surface area (Å²) in [6.07, 6.45) is 9.16. The van der Waals surface area contributed by atoms with E-state index in [1.54, 1.807) is 6.07 Å². The van der Waals surface area contributed by atoms with E-state index in [-0.39, 0.29) is 29.5 Å². The first-order chi connectivity index (χ1) is 12.4. The van der Waals surface area contributed by atoms with E-state index in [1.165, 1.54) is 50.8 Å². The Kier molecular flexibility index (Phi) is 4.37. The van der Waals surface area contributed by atoms with Gasteiger partial charge in [0, 0.05) is 12.2 Å². The molecule has 1 heterocycles. The van der Waals surface area contributed by atoms with Crippen molar-refractivity contribution in [1.82, 2.24) is 10.3 Å². The molecule has 0 spiro atoms. The molecule has 26 heavy (non-hydrogen) atoms. The van der Waals surface area contributed by atoms with Crippen LogP contribution in [-0.2, 0) is 9.53 Å². The lowest BCUT2D eigenvalue weighted by Crippen LogP contribution is -2.56. The molecule has 4 fully saturated rings. The van der Waals surface area contributed by atoms with Crippen molar-refractivity contribution in [2.45, 2.75) is 51.5 Å². The lowest BCUT2D eigenvalue weighted by atomic mass is 9.48. The van der Waals surface area contributed by atoms with Crippen LogP contribution in [0.1, 0.15) is 55.8 Å². The van der Waals surface area contributed by atoms with Crippen molar-refractivity contribution in [1.29, 1.82) is 0 Å². The second-order valence-electron chi connectivity index (χ2n) is 8.56. The molecular weight excluding hydrogens is 332 g/mol. The Balaban J connectivity index is 1.33. The third kappa shape index (κ3) is 3.17. The number of amides is 1. The Morgan fingerprint density at radius 3 is 2.42 bits per heavy atom. The second kappa shape index (κ2) is 6.56. The van der Waals surface area contributed by atoms with Gasteiger partial charge in [0.15, 0.2) is 6.61 Å². The van der Waals surface area contributed by atoms with Gasteiger partial charge in [0.1, 0.15) is 5.56 Å². The summed E-state index contributed by atoms with van der Waals surface area (Å²) in [5.74, 6) is 1.40. The van der Waals surface area contributed by atoms with Crippen LogP contribution in [0.15, 0.2) is 23.1 Å². The lowest BCUT2D eigenvalue weighted by molar-refractivity contribution is -0.128. The molecule has 2 N–H and O–H groups in total. The van der Waals surface area contributed by atoms with Crippen molar-refractivity contribution >= 4 is 11.9 Å². The standard InChI is InChI=1S/C20H26N2O4/c1-12(20-8-13-5-14(9-20)7-15(6-13)10-20)22-17(23)11-26-19(25)16-3-2-4-21-18(16)24/h2-4,12-15H,5-11H2,1H3,(H,21,24)(H,22,23)/t12-,13?,14?,15?,20?/m0/s1. The third-order valence-electron chi connectivity index (χ3n) is 6.75. The number of hydrogen-bond donors (Lipinski definition) is 2. The van der Waals surface area contributed by atoms with Crippen LogP contribution in [0.5, 0.6) is 0 Å². The number of aromatic nitrogens is 1. The van der Waals surface area contributed by atoms with E-state index >= 15 is 0 Å². The van der Waals surface area contributed by atoms with E-state index in [2.05, 4.69) is 17.2 Å². The first-order valence-corrected chi connectivity index (χ1v) is 9.59. The highest BCUT2D eigenvalue weighted by Gasteiger charge is 2.53. The molecule has 6 nitrogen and oxygen atoms in total. The summed E-state index contributed by atoms with van der Waals surface area (Å²) < 4.78 is 5.02. The number of carbonyl (C=O) groups excluding carboxylic acids is 2. The Labute approximate surface area is 152 Å². The van der Waals surface area contributed by atoms with Crippen molar-refractivity contribution in [2.75, 3.05) is 6.61 Å². The number of nitrogens with one attached hydrogen (secondary N) is 2. The highest BCUT2D eigenvalue weighted by Crippen LogP contribution is 2.61. The Morgan fingerprint density at radius 2 is 1.85 bits per heavy atom. The maximum atomic E-state index is 12.3. The highest BCUT2D eigenvalue weighted by atomic mass is 16.5. The van der Waals surface area contributed by atoms with Crippen LogP contribution in [0, 0.1) is 23.2 Å². The molecule has 140 valence electrons. The van der Waals surface area contributed by atoms with Crippen LogP contribution in [0.2, 0.25) is 0 Å². The lowest BCUT2D eigenvalue weighted by Gasteiger charge is -2.59. The highest BCUT2D eigenvalue weighted by molar-refractivity contribution is 5.90. The minimum atomic E-state index is -0.774. The van der Waals surface area contributed by atoms with E-state index in [1.807, 2.05) is 0 Å². The number of ether oxygens (including phenoxy) is 1. The molecule has 1 aromatic rings. The first-order valence-electron chi connectivity index (χ1n) is 9.59. The Morgan fingerprint density at radius 1 is 1.23 bits per heavy atom. The topological polar surface area (TPSA) is 88.3 Å². The Hall–Kier alpha value is -2.11. The predicted octanol–water partition coefficient (Wildman–Crippen LogP) is 2.25. The zero-order valence-corrected chi connectivity index (χ0v) is 15.1. The fourth-order valence-corrected chi connectivity index (χ4v) is 5.94. The van der Waals surface area contributed by atoms with Crippen LogP contribution in [0.3, 0.4) is 0 Å². The molecule has 4 saturated carbocycles. The molecule has 0 radical (unpaired) electrons. The largest absolute Gasteiger partial charge is 0.452 e. The summed E-state index contributed by atoms with van der Waals surface area (Å²) in [6, 6.07) is 3.02. The van der Waals surface area contributed by atoms with Crippen molar-refractivity contribution in [2.24, 2.45) is 23.2 Å². The van der Waals surface area contributed by atoms with Gasteiger partial charge in [-0.05, 0) is 80.8 Å². The molecule has 0 aromatic carbocycles. The molecule has 4 bridgehead atoms. The van der Waals surface area contributed by atoms with Crippen LogP contribution in [0.25, 0.3) is 0 Å². The van der Waals surface area contributed by atoms with Gasteiger partial charge >= 0.3 is 5.97 Å². The van der Waals surface area contributed by atoms with Gasteiger partial charge in [-0.2, -0.15) is 0 Å². The number of rotatable bonds is 5. The Bertz CT molecular complexity index is 734. The van der Waals surface area contributed by atoms with E-state index in [4.69, 9.17) is 4.74 Å². The van der Waals surface area contributed by atoms with Crippen LogP contribution < -0.4 is 10.9 Å². The first kappa shape index (κ1) is 17.3. The number of esters is 1. The normalized spacial score (nSPS) is 32.9. The minimum absolute atomic E-state index is 0.0854. The molecule has 1 amide bonds. The molecule has 5 rings (SSSR count). The molecule has 0 unspecified atom stereocenters. The van der Waals surface area contributed by atoms with E-state index in [0.717, 1.165) is 17.8 Å². The summed E-state index contributed by atoms with van der Waals surface area (Å²) in [7, 11) is 0. The third-order valence-corrected chi connectivity index (χ3v) is 6.75. The van der Waals surface area contributed by atoms with Crippen molar-refractivity contribution in [3.63, 3.8) is 0 Å². The number of pyridine rings is 1. The van der Waals surface area contributed by atoms with Crippen LogP contribution >= 0.6 is 0 Å². The zero-order chi connectivity index (χ0) is 18.3.